The predicted octanol–water partition coefficient (Wildman–Crippen LogP) is 6.25. The van der Waals surface area contributed by atoms with Crippen molar-refractivity contribution in [2.75, 3.05) is 30.4 Å². The van der Waals surface area contributed by atoms with Crippen LogP contribution in [0.1, 0.15) is 23.2 Å². The summed E-state index contributed by atoms with van der Waals surface area (Å²) in [5.74, 6) is 1.14. The summed E-state index contributed by atoms with van der Waals surface area (Å²) < 4.78 is 7.51. The van der Waals surface area contributed by atoms with E-state index in [0.717, 1.165) is 51.9 Å². The van der Waals surface area contributed by atoms with Crippen molar-refractivity contribution in [1.82, 2.24) is 9.55 Å². The highest BCUT2D eigenvalue weighted by Crippen LogP contribution is 2.36. The lowest BCUT2D eigenvalue weighted by molar-refractivity contribution is 0.102. The number of carbonyl (C=O) groups excluding carboxylic acids is 1. The van der Waals surface area contributed by atoms with Gasteiger partial charge in [-0.15, -0.1) is 0 Å². The number of anilines is 2. The number of benzene rings is 3. The van der Waals surface area contributed by atoms with E-state index in [1.807, 2.05) is 66.7 Å². The van der Waals surface area contributed by atoms with Crippen molar-refractivity contribution in [3.63, 3.8) is 0 Å². The van der Waals surface area contributed by atoms with Gasteiger partial charge in [0.05, 0.1) is 18.3 Å². The van der Waals surface area contributed by atoms with Crippen molar-refractivity contribution in [3.05, 3.63) is 84.4 Å². The molecule has 3 aromatic carbocycles. The molecule has 5 aromatic rings. The van der Waals surface area contributed by atoms with Crippen LogP contribution in [0.4, 0.5) is 11.5 Å². The van der Waals surface area contributed by atoms with E-state index in [0.29, 0.717) is 11.4 Å². The number of aryl methyl sites for hydroxylation is 1. The molecule has 1 fully saturated rings. The summed E-state index contributed by atoms with van der Waals surface area (Å²) in [6.07, 6.45) is 2.45. The van der Waals surface area contributed by atoms with Gasteiger partial charge in [-0.2, -0.15) is 0 Å². The molecule has 0 saturated carbocycles. The zero-order valence-electron chi connectivity index (χ0n) is 20.5. The van der Waals surface area contributed by atoms with Gasteiger partial charge in [0.1, 0.15) is 11.6 Å². The van der Waals surface area contributed by atoms with Gasteiger partial charge in [0.2, 0.25) is 0 Å². The first kappa shape index (κ1) is 22.2. The van der Waals surface area contributed by atoms with Crippen molar-refractivity contribution in [1.29, 1.82) is 0 Å². The summed E-state index contributed by atoms with van der Waals surface area (Å²) in [4.78, 5) is 20.5. The molecule has 180 valence electrons. The Hall–Kier alpha value is -4.32. The molecule has 36 heavy (non-hydrogen) atoms. The molecule has 6 heteroatoms. The summed E-state index contributed by atoms with van der Waals surface area (Å²) in [5, 5.41) is 5.22. The second-order valence-corrected chi connectivity index (χ2v) is 9.25. The zero-order chi connectivity index (χ0) is 24.6. The molecule has 1 saturated heterocycles. The number of hydrogen-bond donors (Lipinski definition) is 1. The Morgan fingerprint density at radius 3 is 2.36 bits per heavy atom. The molecule has 0 radical (unpaired) electrons. The van der Waals surface area contributed by atoms with Gasteiger partial charge < -0.3 is 19.5 Å². The molecule has 3 heterocycles. The van der Waals surface area contributed by atoms with Gasteiger partial charge in [-0.1, -0.05) is 18.2 Å². The van der Waals surface area contributed by atoms with Crippen molar-refractivity contribution in [2.24, 2.45) is 7.05 Å². The highest BCUT2D eigenvalue weighted by atomic mass is 16.5. The molecular weight excluding hydrogens is 448 g/mol. The molecule has 6 rings (SSSR count). The minimum absolute atomic E-state index is 0.171. The fourth-order valence-electron chi connectivity index (χ4n) is 5.20. The van der Waals surface area contributed by atoms with Crippen LogP contribution in [-0.2, 0) is 7.05 Å². The lowest BCUT2D eigenvalue weighted by atomic mass is 10.1. The number of nitrogens with zero attached hydrogens (tertiary/aromatic N) is 3. The number of hydrogen-bond acceptors (Lipinski definition) is 4. The van der Waals surface area contributed by atoms with Crippen molar-refractivity contribution >= 4 is 39.2 Å². The Morgan fingerprint density at radius 1 is 0.917 bits per heavy atom. The maximum absolute atomic E-state index is 13.2. The van der Waals surface area contributed by atoms with E-state index >= 15 is 0 Å². The largest absolute Gasteiger partial charge is 0.497 e. The van der Waals surface area contributed by atoms with Crippen LogP contribution in [0.5, 0.6) is 5.75 Å². The number of ether oxygens (including phenoxy) is 1. The van der Waals surface area contributed by atoms with Gasteiger partial charge in [0.15, 0.2) is 0 Å². The Kier molecular flexibility index (Phi) is 5.56. The number of aromatic nitrogens is 2. The quantitative estimate of drug-likeness (QED) is 0.326. The highest BCUT2D eigenvalue weighted by molar-refractivity contribution is 6.14. The van der Waals surface area contributed by atoms with E-state index in [2.05, 4.69) is 34.0 Å². The van der Waals surface area contributed by atoms with Crippen LogP contribution in [0, 0.1) is 0 Å². The maximum atomic E-state index is 13.2. The molecule has 0 aliphatic carbocycles. The third-order valence-corrected chi connectivity index (χ3v) is 7.09. The van der Waals surface area contributed by atoms with Crippen molar-refractivity contribution in [2.45, 2.75) is 12.8 Å². The monoisotopic (exact) mass is 476 g/mol. The molecule has 1 amide bonds. The molecule has 6 nitrogen and oxygen atoms in total. The van der Waals surface area contributed by atoms with Gasteiger partial charge in [0, 0.05) is 53.2 Å². The van der Waals surface area contributed by atoms with Crippen LogP contribution < -0.4 is 15.0 Å². The molecule has 0 spiro atoms. The second kappa shape index (κ2) is 9.04. The van der Waals surface area contributed by atoms with E-state index in [9.17, 15) is 4.79 Å². The average molecular weight is 477 g/mol. The van der Waals surface area contributed by atoms with Crippen LogP contribution in [-0.4, -0.2) is 35.7 Å². The Morgan fingerprint density at radius 2 is 1.64 bits per heavy atom. The fraction of sp³-hybridized carbons (Fsp3) is 0.200. The number of nitrogens with one attached hydrogen (secondary N) is 1. The predicted molar refractivity (Wildman–Crippen MR) is 146 cm³/mol. The van der Waals surface area contributed by atoms with Crippen LogP contribution in [0.2, 0.25) is 0 Å². The minimum Gasteiger partial charge on any atom is -0.497 e. The summed E-state index contributed by atoms with van der Waals surface area (Å²) in [7, 11) is 3.71. The van der Waals surface area contributed by atoms with Gasteiger partial charge in [0.25, 0.3) is 5.91 Å². The highest BCUT2D eigenvalue weighted by Gasteiger charge is 2.18. The summed E-state index contributed by atoms with van der Waals surface area (Å²) in [6.45, 7) is 2.16. The Balaban J connectivity index is 1.41. The van der Waals surface area contributed by atoms with Crippen LogP contribution in [0.25, 0.3) is 33.1 Å². The van der Waals surface area contributed by atoms with Gasteiger partial charge >= 0.3 is 0 Å². The third kappa shape index (κ3) is 3.85. The number of para-hydroxylation sites is 1. The molecule has 1 N–H and O–H groups in total. The second-order valence-electron chi connectivity index (χ2n) is 9.25. The van der Waals surface area contributed by atoms with Crippen LogP contribution in [0.15, 0.2) is 78.9 Å². The first-order valence-electron chi connectivity index (χ1n) is 12.3. The van der Waals surface area contributed by atoms with E-state index in [1.54, 1.807) is 7.11 Å². The van der Waals surface area contributed by atoms with Crippen molar-refractivity contribution < 1.29 is 9.53 Å². The number of amides is 1. The minimum atomic E-state index is -0.171. The molecule has 1 aliphatic rings. The number of fused-ring (bicyclic) bond motifs is 3. The van der Waals surface area contributed by atoms with Crippen LogP contribution in [0.3, 0.4) is 0 Å². The lowest BCUT2D eigenvalue weighted by Gasteiger charge is -2.17. The number of carbonyl (C=O) groups is 1. The standard InChI is InChI=1S/C30H28N4O2/c1-33-26-8-4-3-7-24(26)25-19-27(31-28(29(25)33)20-11-15-23(36-2)16-12-20)32-30(35)21-9-13-22(14-10-21)34-17-5-6-18-34/h3-4,7-16,19H,5-6,17-18H2,1-2H3,(H,31,32,35). The lowest BCUT2D eigenvalue weighted by Crippen LogP contribution is -2.18. The van der Waals surface area contributed by atoms with E-state index in [-0.39, 0.29) is 5.91 Å². The van der Waals surface area contributed by atoms with Gasteiger partial charge in [-0.3, -0.25) is 4.79 Å². The average Bonchev–Trinajstić information content (AvgIpc) is 3.56. The van der Waals surface area contributed by atoms with E-state index in [1.165, 1.54) is 18.5 Å². The number of rotatable bonds is 5. The molecule has 0 unspecified atom stereocenters. The smallest absolute Gasteiger partial charge is 0.256 e. The normalized spacial score (nSPS) is 13.4. The molecule has 0 bridgehead atoms. The molecule has 2 aromatic heterocycles. The third-order valence-electron chi connectivity index (χ3n) is 7.09. The maximum Gasteiger partial charge on any atom is 0.256 e. The SMILES string of the molecule is COc1ccc(-c2nc(NC(=O)c3ccc(N4CCCC4)cc3)cc3c4ccccc4n(C)c23)cc1. The topological polar surface area (TPSA) is 59.4 Å². The Bertz CT molecular complexity index is 1560. The van der Waals surface area contributed by atoms with E-state index < -0.39 is 0 Å². The zero-order valence-corrected chi connectivity index (χ0v) is 20.5. The molecule has 0 atom stereocenters. The first-order chi connectivity index (χ1) is 17.6. The summed E-state index contributed by atoms with van der Waals surface area (Å²) in [6, 6.07) is 26.0. The van der Waals surface area contributed by atoms with Crippen LogP contribution >= 0.6 is 0 Å². The summed E-state index contributed by atoms with van der Waals surface area (Å²) >= 11 is 0. The first-order valence-corrected chi connectivity index (χ1v) is 12.3. The summed E-state index contributed by atoms with van der Waals surface area (Å²) in [5.41, 5.74) is 5.69. The number of methoxy groups -OCH3 is 1. The Labute approximate surface area is 210 Å². The van der Waals surface area contributed by atoms with E-state index in [4.69, 9.17) is 9.72 Å². The van der Waals surface area contributed by atoms with Gasteiger partial charge in [-0.25, -0.2) is 4.98 Å². The van der Waals surface area contributed by atoms with Gasteiger partial charge in [-0.05, 0) is 73.5 Å². The molecular formula is C30H28N4O2. The number of pyridine rings is 1. The fourth-order valence-corrected chi connectivity index (χ4v) is 5.20. The van der Waals surface area contributed by atoms with Crippen molar-refractivity contribution in [3.8, 4) is 17.0 Å². The molecule has 1 aliphatic heterocycles.